The van der Waals surface area contributed by atoms with E-state index in [1.807, 2.05) is 0 Å². The predicted octanol–water partition coefficient (Wildman–Crippen LogP) is 2.59. The molecule has 2 aromatic rings. The zero-order valence-corrected chi connectivity index (χ0v) is 20.2. The molecule has 192 valence electrons. The van der Waals surface area contributed by atoms with Crippen molar-refractivity contribution >= 4 is 35.1 Å². The number of hydrogen-bond donors (Lipinski definition) is 3. The fraction of sp³-hybridized carbons (Fsp3) is 0.400. The fourth-order valence-electron chi connectivity index (χ4n) is 3.89. The lowest BCUT2D eigenvalue weighted by Crippen LogP contribution is -2.51. The van der Waals surface area contributed by atoms with Crippen molar-refractivity contribution in [1.29, 1.82) is 0 Å². The third kappa shape index (κ3) is 8.37. The summed E-state index contributed by atoms with van der Waals surface area (Å²) in [6.07, 6.45) is 0.869. The van der Waals surface area contributed by atoms with Crippen molar-refractivity contribution in [3.8, 4) is 0 Å². The van der Waals surface area contributed by atoms with Gasteiger partial charge in [-0.25, -0.2) is 8.78 Å². The average Bonchev–Trinajstić information content (AvgIpc) is 2.85. The van der Waals surface area contributed by atoms with Crippen LogP contribution >= 0.6 is 11.6 Å². The summed E-state index contributed by atoms with van der Waals surface area (Å²) >= 11 is 6.02. The Balaban J connectivity index is 1.59. The number of carbonyl (C=O) groups is 4. The largest absolute Gasteiger partial charge is 0.347 e. The molecule has 3 N–H and O–H groups in total. The van der Waals surface area contributed by atoms with Crippen LogP contribution in [-0.4, -0.2) is 47.0 Å². The summed E-state index contributed by atoms with van der Waals surface area (Å²) in [7, 11) is 0. The monoisotopic (exact) mass is 520 g/mol. The van der Waals surface area contributed by atoms with E-state index in [9.17, 15) is 28.0 Å². The highest BCUT2D eigenvalue weighted by molar-refractivity contribution is 6.38. The normalized spacial score (nSPS) is 16.0. The number of amides is 3. The van der Waals surface area contributed by atoms with Gasteiger partial charge in [0.05, 0.1) is 18.8 Å². The van der Waals surface area contributed by atoms with Crippen molar-refractivity contribution in [2.24, 2.45) is 5.92 Å². The van der Waals surface area contributed by atoms with E-state index >= 15 is 0 Å². The Morgan fingerprint density at radius 2 is 1.81 bits per heavy atom. The molecule has 1 aromatic heterocycles. The molecule has 3 amide bonds. The van der Waals surface area contributed by atoms with Crippen molar-refractivity contribution in [2.45, 2.75) is 50.6 Å². The van der Waals surface area contributed by atoms with E-state index in [1.54, 1.807) is 48.7 Å². The van der Waals surface area contributed by atoms with E-state index in [2.05, 4.69) is 20.9 Å². The molecule has 1 aromatic carbocycles. The summed E-state index contributed by atoms with van der Waals surface area (Å²) < 4.78 is 26.6. The third-order valence-corrected chi connectivity index (χ3v) is 6.11. The van der Waals surface area contributed by atoms with Gasteiger partial charge in [0.1, 0.15) is 6.04 Å². The summed E-state index contributed by atoms with van der Waals surface area (Å²) in [6.45, 7) is -0.430. The van der Waals surface area contributed by atoms with Gasteiger partial charge in [-0.15, -0.1) is 0 Å². The van der Waals surface area contributed by atoms with Crippen LogP contribution in [0.15, 0.2) is 48.7 Å². The molecule has 1 aliphatic carbocycles. The smallest absolute Gasteiger partial charge is 0.289 e. The first-order valence-corrected chi connectivity index (χ1v) is 11.9. The first kappa shape index (κ1) is 27.2. The van der Waals surface area contributed by atoms with Crippen LogP contribution in [-0.2, 0) is 32.1 Å². The third-order valence-electron chi connectivity index (χ3n) is 5.87. The van der Waals surface area contributed by atoms with Gasteiger partial charge in [-0.05, 0) is 42.7 Å². The van der Waals surface area contributed by atoms with E-state index in [0.717, 1.165) is 0 Å². The molecule has 8 nitrogen and oxygen atoms in total. The molecule has 1 heterocycles. The minimum Gasteiger partial charge on any atom is -0.347 e. The van der Waals surface area contributed by atoms with Crippen LogP contribution in [0.2, 0.25) is 5.02 Å². The van der Waals surface area contributed by atoms with E-state index in [-0.39, 0.29) is 38.6 Å². The standard InChI is InChI=1S/C25H27ClF2N4O4/c26-18-5-3-4-16(12-18)13-20(22(34)24(36)30-14-19-6-1-2-11-29-19)32-21(33)15-31-23(35)17-7-9-25(27,28)10-8-17/h1-6,11-12,17,20H,7-10,13-15H2,(H,30,36)(H,31,35)(H,32,33)/t20-/m1/s1. The molecule has 0 radical (unpaired) electrons. The highest BCUT2D eigenvalue weighted by Crippen LogP contribution is 2.36. The number of Topliss-reactive ketones (excluding diaryl/α,β-unsaturated/α-hetero) is 1. The van der Waals surface area contributed by atoms with Gasteiger partial charge < -0.3 is 16.0 Å². The zero-order chi connectivity index (χ0) is 26.1. The summed E-state index contributed by atoms with van der Waals surface area (Å²) in [5.74, 6) is -6.33. The van der Waals surface area contributed by atoms with Crippen molar-refractivity contribution in [3.63, 3.8) is 0 Å². The number of carbonyl (C=O) groups excluding carboxylic acids is 4. The van der Waals surface area contributed by atoms with Crippen LogP contribution in [0.3, 0.4) is 0 Å². The average molecular weight is 521 g/mol. The van der Waals surface area contributed by atoms with Crippen molar-refractivity contribution in [3.05, 3.63) is 64.9 Å². The number of alkyl halides is 2. The van der Waals surface area contributed by atoms with Gasteiger partial charge >= 0.3 is 0 Å². The Hall–Kier alpha value is -3.40. The number of halogens is 3. The Morgan fingerprint density at radius 3 is 2.47 bits per heavy atom. The summed E-state index contributed by atoms with van der Waals surface area (Å²) in [5, 5.41) is 7.84. The van der Waals surface area contributed by atoms with E-state index in [4.69, 9.17) is 11.6 Å². The number of nitrogens with one attached hydrogen (secondary N) is 3. The molecule has 0 unspecified atom stereocenters. The topological polar surface area (TPSA) is 117 Å². The number of nitrogens with zero attached hydrogens (tertiary/aromatic N) is 1. The van der Waals surface area contributed by atoms with Crippen LogP contribution in [0.5, 0.6) is 0 Å². The lowest BCUT2D eigenvalue weighted by Gasteiger charge is -2.27. The van der Waals surface area contributed by atoms with Gasteiger partial charge in [0.15, 0.2) is 0 Å². The first-order valence-electron chi connectivity index (χ1n) is 11.5. The molecule has 36 heavy (non-hydrogen) atoms. The Labute approximate surface area is 212 Å². The molecule has 0 saturated heterocycles. The molecule has 1 atom stereocenters. The number of benzene rings is 1. The van der Waals surface area contributed by atoms with Gasteiger partial charge in [-0.2, -0.15) is 0 Å². The van der Waals surface area contributed by atoms with Gasteiger partial charge in [0, 0.05) is 36.4 Å². The summed E-state index contributed by atoms with van der Waals surface area (Å²) in [6, 6.07) is 10.6. The van der Waals surface area contributed by atoms with Crippen LogP contribution < -0.4 is 16.0 Å². The molecule has 0 spiro atoms. The second-order valence-electron chi connectivity index (χ2n) is 8.67. The minimum absolute atomic E-state index is 0.00616. The van der Waals surface area contributed by atoms with E-state index in [0.29, 0.717) is 16.3 Å². The van der Waals surface area contributed by atoms with Crippen LogP contribution in [0, 0.1) is 5.92 Å². The molecule has 1 aliphatic rings. The van der Waals surface area contributed by atoms with Gasteiger partial charge in [0.25, 0.3) is 5.91 Å². The summed E-state index contributed by atoms with van der Waals surface area (Å²) in [5.41, 5.74) is 1.17. The van der Waals surface area contributed by atoms with Crippen LogP contribution in [0.25, 0.3) is 0 Å². The van der Waals surface area contributed by atoms with Crippen molar-refractivity contribution < 1.29 is 28.0 Å². The maximum absolute atomic E-state index is 13.3. The van der Waals surface area contributed by atoms with E-state index < -0.39 is 47.9 Å². The van der Waals surface area contributed by atoms with Gasteiger partial charge in [0.2, 0.25) is 23.5 Å². The van der Waals surface area contributed by atoms with E-state index in [1.165, 1.54) is 0 Å². The first-order chi connectivity index (χ1) is 17.1. The molecule has 0 bridgehead atoms. The van der Waals surface area contributed by atoms with Crippen LogP contribution in [0.1, 0.15) is 36.9 Å². The van der Waals surface area contributed by atoms with Gasteiger partial charge in [-0.1, -0.05) is 29.8 Å². The lowest BCUT2D eigenvalue weighted by atomic mass is 9.86. The number of aromatic nitrogens is 1. The predicted molar refractivity (Wildman–Crippen MR) is 128 cm³/mol. The maximum atomic E-state index is 13.3. The maximum Gasteiger partial charge on any atom is 0.289 e. The fourth-order valence-corrected chi connectivity index (χ4v) is 4.10. The molecule has 1 saturated carbocycles. The lowest BCUT2D eigenvalue weighted by molar-refractivity contribution is -0.140. The van der Waals surface area contributed by atoms with Gasteiger partial charge in [-0.3, -0.25) is 24.2 Å². The molecule has 1 fully saturated rings. The Kier molecular flexibility index (Phi) is 9.46. The molecule has 11 heteroatoms. The molecule has 3 rings (SSSR count). The van der Waals surface area contributed by atoms with Crippen LogP contribution in [0.4, 0.5) is 8.78 Å². The minimum atomic E-state index is -2.76. The summed E-state index contributed by atoms with van der Waals surface area (Å²) in [4.78, 5) is 54.3. The Morgan fingerprint density at radius 1 is 1.06 bits per heavy atom. The number of ketones is 1. The second kappa shape index (κ2) is 12.5. The molecule has 0 aliphatic heterocycles. The highest BCUT2D eigenvalue weighted by Gasteiger charge is 2.37. The highest BCUT2D eigenvalue weighted by atomic mass is 35.5. The molecular formula is C25H27ClF2N4O4. The number of hydrogen-bond acceptors (Lipinski definition) is 5. The van der Waals surface area contributed by atoms with Crippen molar-refractivity contribution in [2.75, 3.05) is 6.54 Å². The number of rotatable bonds is 10. The Bertz CT molecular complexity index is 1090. The SMILES string of the molecule is O=C(CNC(=O)C1CCC(F)(F)CC1)N[C@H](Cc1cccc(Cl)c1)C(=O)C(=O)NCc1ccccn1. The number of pyridine rings is 1. The van der Waals surface area contributed by atoms with Crippen molar-refractivity contribution in [1.82, 2.24) is 20.9 Å². The molecular weight excluding hydrogens is 494 g/mol. The second-order valence-corrected chi connectivity index (χ2v) is 9.11. The zero-order valence-electron chi connectivity index (χ0n) is 19.4. The quantitative estimate of drug-likeness (QED) is 0.416.